The Kier molecular flexibility index (Phi) is 7.63. The van der Waals surface area contributed by atoms with E-state index in [1.54, 1.807) is 19.9 Å². The quantitative estimate of drug-likeness (QED) is 0.440. The summed E-state index contributed by atoms with van der Waals surface area (Å²) in [5, 5.41) is 10.2. The highest BCUT2D eigenvalue weighted by Gasteiger charge is 2.73. The minimum Gasteiger partial charge on any atom is -0.392 e. The van der Waals surface area contributed by atoms with Gasteiger partial charge >= 0.3 is 0 Å². The van der Waals surface area contributed by atoms with Crippen LogP contribution in [0.2, 0.25) is 0 Å². The molecule has 2 saturated heterocycles. The molecule has 2 amide bonds. The molecular formula is C31H50N2O7S2. The lowest BCUT2D eigenvalue weighted by atomic mass is 9.69. The summed E-state index contributed by atoms with van der Waals surface area (Å²) in [5.74, 6) is -0.0523. The largest absolute Gasteiger partial charge is 0.392 e. The number of carbonyl (C=O) groups is 2. The lowest BCUT2D eigenvalue weighted by Gasteiger charge is -2.37. The molecule has 0 radical (unpaired) electrons. The fourth-order valence-electron chi connectivity index (χ4n) is 10.3. The Bertz CT molecular complexity index is 1370. The maximum Gasteiger partial charge on any atom is 0.241 e. The van der Waals surface area contributed by atoms with Gasteiger partial charge in [-0.25, -0.2) is 25.4 Å². The molecule has 0 aromatic carbocycles. The van der Waals surface area contributed by atoms with Crippen molar-refractivity contribution in [3.05, 3.63) is 12.7 Å². The number of rotatable bonds is 6. The van der Waals surface area contributed by atoms with Crippen LogP contribution in [-0.2, 0) is 29.6 Å². The van der Waals surface area contributed by atoms with E-state index >= 15 is 0 Å². The second-order valence-electron chi connectivity index (χ2n) is 15.1. The van der Waals surface area contributed by atoms with Crippen molar-refractivity contribution in [2.24, 2.45) is 39.4 Å². The fourth-order valence-corrected chi connectivity index (χ4v) is 15.5. The molecule has 4 aliphatic carbocycles. The van der Waals surface area contributed by atoms with Crippen LogP contribution in [0.25, 0.3) is 0 Å². The first kappa shape index (κ1) is 31.9. The molecule has 42 heavy (non-hydrogen) atoms. The number of hydrogen-bond donors (Lipinski definition) is 1. The van der Waals surface area contributed by atoms with Gasteiger partial charge in [0.25, 0.3) is 0 Å². The Balaban J connectivity index is 0.000000175. The van der Waals surface area contributed by atoms with E-state index in [2.05, 4.69) is 34.3 Å². The molecule has 2 spiro atoms. The number of allylic oxidation sites excluding steroid dienone is 1. The van der Waals surface area contributed by atoms with Gasteiger partial charge in [0.05, 0.1) is 35.6 Å². The molecule has 9 nitrogen and oxygen atoms in total. The molecule has 4 bridgehead atoms. The van der Waals surface area contributed by atoms with Gasteiger partial charge in [-0.1, -0.05) is 47.6 Å². The molecule has 6 aliphatic rings. The molecule has 11 heteroatoms. The molecule has 8 atom stereocenters. The lowest BCUT2D eigenvalue weighted by molar-refractivity contribution is -0.136. The Morgan fingerprint density at radius 2 is 1.36 bits per heavy atom. The van der Waals surface area contributed by atoms with Gasteiger partial charge < -0.3 is 5.11 Å². The van der Waals surface area contributed by atoms with E-state index in [-0.39, 0.29) is 57.6 Å². The zero-order valence-corrected chi connectivity index (χ0v) is 27.8. The first-order chi connectivity index (χ1) is 19.3. The van der Waals surface area contributed by atoms with Crippen molar-refractivity contribution in [2.45, 2.75) is 118 Å². The summed E-state index contributed by atoms with van der Waals surface area (Å²) >= 11 is 0. The van der Waals surface area contributed by atoms with Crippen LogP contribution >= 0.6 is 0 Å². The average molecular weight is 627 g/mol. The topological polar surface area (TPSA) is 129 Å². The maximum absolute atomic E-state index is 13.0. The van der Waals surface area contributed by atoms with Crippen molar-refractivity contribution in [3.63, 3.8) is 0 Å². The third-order valence-electron chi connectivity index (χ3n) is 13.2. The van der Waals surface area contributed by atoms with E-state index < -0.39 is 38.0 Å². The first-order valence-corrected chi connectivity index (χ1v) is 19.0. The SMILES string of the molecule is C=CCC[C@@H](O)[C@@H](C)C(=O)N1[C@H]2CC3CC[C@@]2(CS1(=O)=O)C3(C)C.CCC(=O)N1[C@H]2CC3CC[C@@]2(CS1(=O)=O)C3(C)C. The smallest absolute Gasteiger partial charge is 0.241 e. The summed E-state index contributed by atoms with van der Waals surface area (Å²) in [5.41, 5.74) is -0.489. The van der Waals surface area contributed by atoms with E-state index in [1.165, 1.54) is 4.31 Å². The van der Waals surface area contributed by atoms with Gasteiger partial charge in [0.15, 0.2) is 0 Å². The minimum absolute atomic E-state index is 0.0491. The molecule has 6 rings (SSSR count). The van der Waals surface area contributed by atoms with Crippen LogP contribution in [0.5, 0.6) is 0 Å². The van der Waals surface area contributed by atoms with Crippen LogP contribution in [0, 0.1) is 39.4 Å². The second kappa shape index (κ2) is 10.0. The van der Waals surface area contributed by atoms with Crippen LogP contribution in [0.1, 0.15) is 99.3 Å². The summed E-state index contributed by atoms with van der Waals surface area (Å²) < 4.78 is 52.8. The van der Waals surface area contributed by atoms with Crippen LogP contribution < -0.4 is 0 Å². The number of hydrogen-bond acceptors (Lipinski definition) is 7. The van der Waals surface area contributed by atoms with Crippen molar-refractivity contribution in [1.82, 2.24) is 8.61 Å². The van der Waals surface area contributed by atoms with Gasteiger partial charge in [-0.3, -0.25) is 9.59 Å². The maximum atomic E-state index is 13.0. The first-order valence-electron chi connectivity index (χ1n) is 15.7. The van der Waals surface area contributed by atoms with Gasteiger partial charge in [-0.15, -0.1) is 6.58 Å². The normalized spacial score (nSPS) is 40.2. The number of aliphatic hydroxyl groups excluding tert-OH is 1. The Morgan fingerprint density at radius 1 is 0.905 bits per heavy atom. The molecule has 6 fully saturated rings. The summed E-state index contributed by atoms with van der Waals surface area (Å²) in [4.78, 5) is 25.0. The third-order valence-corrected chi connectivity index (χ3v) is 17.1. The van der Waals surface area contributed by atoms with Crippen molar-refractivity contribution < 1.29 is 31.5 Å². The van der Waals surface area contributed by atoms with Crippen LogP contribution in [0.3, 0.4) is 0 Å². The molecule has 238 valence electrons. The standard InChI is InChI=1S/C18H29NO4S.C13H21NO3S/c1-5-6-7-14(20)12(2)16(21)19-15-10-13-8-9-18(15,17(13,3)4)11-24(19,22)23;1-4-11(15)14-10-7-9-5-6-13(10,12(9,2)3)8-18(14,16)17/h5,12-15,20H,1,6-11H2,2-4H3;9-10H,4-8H2,1-3H3/t12-,13?,14-,15+,18+;9?,10-,13-/m10/s1. The molecule has 2 aliphatic heterocycles. The minimum atomic E-state index is -3.61. The summed E-state index contributed by atoms with van der Waals surface area (Å²) in [6, 6.07) is -0.290. The lowest BCUT2D eigenvalue weighted by Crippen LogP contribution is -2.47. The summed E-state index contributed by atoms with van der Waals surface area (Å²) in [6.07, 6.45) is 7.82. The van der Waals surface area contributed by atoms with Crippen LogP contribution in [0.4, 0.5) is 0 Å². The third kappa shape index (κ3) is 4.14. The number of carbonyl (C=O) groups excluding carboxylic acids is 2. The van der Waals surface area contributed by atoms with Crippen LogP contribution in [0.15, 0.2) is 12.7 Å². The van der Waals surface area contributed by atoms with Gasteiger partial charge in [0.2, 0.25) is 31.9 Å². The molecule has 1 N–H and O–H groups in total. The van der Waals surface area contributed by atoms with E-state index in [9.17, 15) is 31.5 Å². The average Bonchev–Trinajstić information content (AvgIpc) is 3.60. The predicted molar refractivity (Wildman–Crippen MR) is 161 cm³/mol. The highest BCUT2D eigenvalue weighted by molar-refractivity contribution is 7.90. The molecule has 0 aromatic heterocycles. The monoisotopic (exact) mass is 626 g/mol. The Morgan fingerprint density at radius 3 is 1.79 bits per heavy atom. The number of nitrogens with zero attached hydrogens (tertiary/aromatic N) is 2. The second-order valence-corrected chi connectivity index (χ2v) is 18.8. The highest BCUT2D eigenvalue weighted by atomic mass is 32.2. The molecular weight excluding hydrogens is 576 g/mol. The van der Waals surface area contributed by atoms with Gasteiger partial charge in [0, 0.05) is 17.3 Å². The van der Waals surface area contributed by atoms with Crippen molar-refractivity contribution >= 4 is 31.9 Å². The van der Waals surface area contributed by atoms with Crippen LogP contribution in [-0.4, -0.2) is 72.1 Å². The van der Waals surface area contributed by atoms with E-state index in [0.717, 1.165) is 42.8 Å². The van der Waals surface area contributed by atoms with Crippen molar-refractivity contribution in [2.75, 3.05) is 11.5 Å². The summed E-state index contributed by atoms with van der Waals surface area (Å²) in [7, 11) is -7.00. The zero-order valence-electron chi connectivity index (χ0n) is 26.1. The molecule has 4 saturated carbocycles. The van der Waals surface area contributed by atoms with E-state index in [4.69, 9.17) is 0 Å². The van der Waals surface area contributed by atoms with Crippen molar-refractivity contribution in [3.8, 4) is 0 Å². The van der Waals surface area contributed by atoms with Crippen molar-refractivity contribution in [1.29, 1.82) is 0 Å². The Labute approximate surface area is 252 Å². The molecule has 2 heterocycles. The fraction of sp³-hybridized carbons (Fsp3) is 0.871. The number of amides is 2. The number of fused-ring (bicyclic) bond motifs is 2. The molecule has 2 unspecified atom stereocenters. The van der Waals surface area contributed by atoms with Gasteiger partial charge in [-0.05, 0) is 74.0 Å². The zero-order chi connectivity index (χ0) is 31.3. The highest BCUT2D eigenvalue weighted by Crippen LogP contribution is 2.71. The molecule has 0 aromatic rings. The van der Waals surface area contributed by atoms with E-state index in [1.807, 2.05) is 0 Å². The summed E-state index contributed by atoms with van der Waals surface area (Å²) in [6.45, 7) is 15.7. The number of aliphatic hydroxyl groups is 1. The Hall–Kier alpha value is -1.46. The van der Waals surface area contributed by atoms with Gasteiger partial charge in [-0.2, -0.15) is 0 Å². The van der Waals surface area contributed by atoms with E-state index in [0.29, 0.717) is 24.7 Å². The number of sulfonamides is 2. The predicted octanol–water partition coefficient (Wildman–Crippen LogP) is 4.08. The van der Waals surface area contributed by atoms with Gasteiger partial charge in [0.1, 0.15) is 0 Å².